The summed E-state index contributed by atoms with van der Waals surface area (Å²) in [5, 5.41) is 2.96. The van der Waals surface area contributed by atoms with E-state index in [4.69, 9.17) is 5.73 Å². The predicted molar refractivity (Wildman–Crippen MR) is 70.4 cm³/mol. The fraction of sp³-hybridized carbons (Fsp3) is 0.462. The Balaban J connectivity index is 2.43. The van der Waals surface area contributed by atoms with Crippen LogP contribution in [0.5, 0.6) is 0 Å². The molecule has 0 aliphatic carbocycles. The summed E-state index contributed by atoms with van der Waals surface area (Å²) in [7, 11) is 1.95. The molecule has 0 bridgehead atoms. The number of carbonyl (C=O) groups excluding carboxylic acids is 1. The maximum atomic E-state index is 11.9. The Bertz CT molecular complexity index is 456. The number of nitrogens with zero attached hydrogens (tertiary/aromatic N) is 1. The molecular weight excluding hydrogens is 214 g/mol. The van der Waals surface area contributed by atoms with Gasteiger partial charge in [0, 0.05) is 7.05 Å². The van der Waals surface area contributed by atoms with Crippen molar-refractivity contribution < 1.29 is 4.79 Å². The molecule has 92 valence electrons. The van der Waals surface area contributed by atoms with Crippen LogP contribution in [0.4, 0.5) is 11.4 Å². The third-order valence-electron chi connectivity index (χ3n) is 3.46. The van der Waals surface area contributed by atoms with E-state index in [0.29, 0.717) is 13.0 Å². The molecule has 0 radical (unpaired) electrons. The highest BCUT2D eigenvalue weighted by atomic mass is 16.2. The van der Waals surface area contributed by atoms with Gasteiger partial charge in [0.2, 0.25) is 5.91 Å². The van der Waals surface area contributed by atoms with E-state index in [1.54, 1.807) is 0 Å². The van der Waals surface area contributed by atoms with Gasteiger partial charge in [0.25, 0.3) is 0 Å². The lowest BCUT2D eigenvalue weighted by Crippen LogP contribution is -2.47. The van der Waals surface area contributed by atoms with Crippen LogP contribution in [0.3, 0.4) is 0 Å². The summed E-state index contributed by atoms with van der Waals surface area (Å²) < 4.78 is 0. The first-order valence-electron chi connectivity index (χ1n) is 5.89. The summed E-state index contributed by atoms with van der Waals surface area (Å²) in [5.74, 6) is 0.0358. The van der Waals surface area contributed by atoms with Crippen LogP contribution < -0.4 is 16.0 Å². The highest BCUT2D eigenvalue weighted by Crippen LogP contribution is 2.33. The average Bonchev–Trinajstić information content (AvgIpc) is 2.28. The summed E-state index contributed by atoms with van der Waals surface area (Å²) >= 11 is 0. The highest BCUT2D eigenvalue weighted by molar-refractivity contribution is 6.03. The van der Waals surface area contributed by atoms with Crippen LogP contribution in [-0.2, 0) is 4.79 Å². The van der Waals surface area contributed by atoms with Crippen molar-refractivity contribution in [3.63, 3.8) is 0 Å². The summed E-state index contributed by atoms with van der Waals surface area (Å²) in [6, 6.07) is 3.99. The standard InChI is InChI=1S/C13H19N3O/c1-8-6-10-12(7-9(8)2)16(3)11(4-5-14)13(17)15-10/h6-7,11H,4-5,14H2,1-3H3,(H,15,17). The van der Waals surface area contributed by atoms with Gasteiger partial charge in [-0.25, -0.2) is 0 Å². The number of hydrogen-bond acceptors (Lipinski definition) is 3. The molecule has 4 heteroatoms. The van der Waals surface area contributed by atoms with Gasteiger partial charge in [0.1, 0.15) is 6.04 Å². The summed E-state index contributed by atoms with van der Waals surface area (Å²) in [6.45, 7) is 4.65. The molecule has 1 aromatic rings. The molecule has 17 heavy (non-hydrogen) atoms. The molecular formula is C13H19N3O. The molecule has 0 aromatic heterocycles. The van der Waals surface area contributed by atoms with Gasteiger partial charge in [-0.3, -0.25) is 4.79 Å². The number of amides is 1. The van der Waals surface area contributed by atoms with Gasteiger partial charge in [0.05, 0.1) is 11.4 Å². The van der Waals surface area contributed by atoms with Gasteiger partial charge in [-0.1, -0.05) is 0 Å². The first-order chi connectivity index (χ1) is 8.04. The van der Waals surface area contributed by atoms with E-state index < -0.39 is 0 Å². The van der Waals surface area contributed by atoms with E-state index in [9.17, 15) is 4.79 Å². The lowest BCUT2D eigenvalue weighted by atomic mass is 10.0. The molecule has 0 fully saturated rings. The van der Waals surface area contributed by atoms with Gasteiger partial charge in [-0.15, -0.1) is 0 Å². The van der Waals surface area contributed by atoms with Crippen molar-refractivity contribution in [3.8, 4) is 0 Å². The monoisotopic (exact) mass is 233 g/mol. The van der Waals surface area contributed by atoms with Crippen LogP contribution in [-0.4, -0.2) is 25.5 Å². The zero-order valence-electron chi connectivity index (χ0n) is 10.6. The molecule has 2 rings (SSSR count). The molecule has 0 spiro atoms. The van der Waals surface area contributed by atoms with Crippen LogP contribution in [0.1, 0.15) is 17.5 Å². The van der Waals surface area contributed by atoms with Gasteiger partial charge in [0.15, 0.2) is 0 Å². The quantitative estimate of drug-likeness (QED) is 0.812. The van der Waals surface area contributed by atoms with E-state index in [2.05, 4.69) is 18.3 Å². The van der Waals surface area contributed by atoms with Crippen molar-refractivity contribution in [1.82, 2.24) is 0 Å². The highest BCUT2D eigenvalue weighted by Gasteiger charge is 2.29. The number of nitrogens with one attached hydrogen (secondary N) is 1. The Labute approximate surface area is 102 Å². The van der Waals surface area contributed by atoms with Gasteiger partial charge < -0.3 is 16.0 Å². The fourth-order valence-corrected chi connectivity index (χ4v) is 2.24. The lowest BCUT2D eigenvalue weighted by molar-refractivity contribution is -0.117. The van der Waals surface area contributed by atoms with Gasteiger partial charge in [-0.05, 0) is 50.1 Å². The summed E-state index contributed by atoms with van der Waals surface area (Å²) in [5.41, 5.74) is 9.95. The maximum Gasteiger partial charge on any atom is 0.247 e. The fourth-order valence-electron chi connectivity index (χ4n) is 2.24. The van der Waals surface area contributed by atoms with E-state index in [0.717, 1.165) is 11.4 Å². The molecule has 1 heterocycles. The minimum Gasteiger partial charge on any atom is -0.361 e. The lowest BCUT2D eigenvalue weighted by Gasteiger charge is -2.35. The molecule has 1 amide bonds. The average molecular weight is 233 g/mol. The van der Waals surface area contributed by atoms with E-state index in [-0.39, 0.29) is 11.9 Å². The van der Waals surface area contributed by atoms with Gasteiger partial charge in [-0.2, -0.15) is 0 Å². The molecule has 1 atom stereocenters. The van der Waals surface area contributed by atoms with E-state index in [1.165, 1.54) is 11.1 Å². The zero-order valence-corrected chi connectivity index (χ0v) is 10.6. The largest absolute Gasteiger partial charge is 0.361 e. The number of fused-ring (bicyclic) bond motifs is 1. The first kappa shape index (κ1) is 11.9. The SMILES string of the molecule is Cc1cc2c(cc1C)N(C)C(CCN)C(=O)N2. The number of aryl methyl sites for hydroxylation is 2. The van der Waals surface area contributed by atoms with Crippen LogP contribution in [0.25, 0.3) is 0 Å². The maximum absolute atomic E-state index is 11.9. The Morgan fingerprint density at radius 1 is 1.35 bits per heavy atom. The van der Waals surface area contributed by atoms with Crippen molar-refractivity contribution in [2.24, 2.45) is 5.73 Å². The van der Waals surface area contributed by atoms with Crippen LogP contribution in [0.2, 0.25) is 0 Å². The second-order valence-electron chi connectivity index (χ2n) is 4.65. The molecule has 1 aromatic carbocycles. The topological polar surface area (TPSA) is 58.4 Å². The van der Waals surface area contributed by atoms with Gasteiger partial charge >= 0.3 is 0 Å². The van der Waals surface area contributed by atoms with Crippen LogP contribution >= 0.6 is 0 Å². The third-order valence-corrected chi connectivity index (χ3v) is 3.46. The number of nitrogens with two attached hydrogens (primary N) is 1. The van der Waals surface area contributed by atoms with Crippen molar-refractivity contribution in [3.05, 3.63) is 23.3 Å². The van der Waals surface area contributed by atoms with Crippen molar-refractivity contribution in [2.45, 2.75) is 26.3 Å². The van der Waals surface area contributed by atoms with Crippen molar-refractivity contribution >= 4 is 17.3 Å². The smallest absolute Gasteiger partial charge is 0.247 e. The molecule has 0 saturated carbocycles. The van der Waals surface area contributed by atoms with E-state index >= 15 is 0 Å². The first-order valence-corrected chi connectivity index (χ1v) is 5.89. The number of likely N-dealkylation sites (N-methyl/N-ethyl adjacent to an activating group) is 1. The molecule has 4 nitrogen and oxygen atoms in total. The minimum atomic E-state index is -0.158. The van der Waals surface area contributed by atoms with Crippen LogP contribution in [0, 0.1) is 13.8 Å². The predicted octanol–water partition coefficient (Wildman–Crippen LogP) is 1.41. The Morgan fingerprint density at radius 2 is 2.00 bits per heavy atom. The van der Waals surface area contributed by atoms with Crippen molar-refractivity contribution in [1.29, 1.82) is 0 Å². The molecule has 3 N–H and O–H groups in total. The Hall–Kier alpha value is -1.55. The Kier molecular flexibility index (Phi) is 3.07. The zero-order chi connectivity index (χ0) is 12.6. The van der Waals surface area contributed by atoms with Crippen molar-refractivity contribution in [2.75, 3.05) is 23.8 Å². The molecule has 1 aliphatic heterocycles. The number of benzene rings is 1. The second-order valence-corrected chi connectivity index (χ2v) is 4.65. The number of anilines is 2. The second kappa shape index (κ2) is 4.37. The molecule has 1 unspecified atom stereocenters. The van der Waals surface area contributed by atoms with E-state index in [1.807, 2.05) is 24.9 Å². The molecule has 0 saturated heterocycles. The van der Waals surface area contributed by atoms with Crippen LogP contribution in [0.15, 0.2) is 12.1 Å². The molecule has 1 aliphatic rings. The summed E-state index contributed by atoms with van der Waals surface area (Å²) in [4.78, 5) is 14.0. The third kappa shape index (κ3) is 2.00. The Morgan fingerprint density at radius 3 is 2.65 bits per heavy atom. The number of carbonyl (C=O) groups is 1. The normalized spacial score (nSPS) is 18.9. The minimum absolute atomic E-state index is 0.0358. The number of hydrogen-bond donors (Lipinski definition) is 2. The number of rotatable bonds is 2. The summed E-state index contributed by atoms with van der Waals surface area (Å²) in [6.07, 6.45) is 0.675.